The van der Waals surface area contributed by atoms with Crippen LogP contribution in [0, 0.1) is 0 Å². The van der Waals surface area contributed by atoms with Crippen LogP contribution in [0.1, 0.15) is 37.0 Å². The van der Waals surface area contributed by atoms with Crippen molar-refractivity contribution in [3.8, 4) is 11.5 Å². The molecule has 10 nitrogen and oxygen atoms in total. The van der Waals surface area contributed by atoms with E-state index in [-0.39, 0.29) is 29.3 Å². The molecule has 1 fully saturated rings. The summed E-state index contributed by atoms with van der Waals surface area (Å²) in [6, 6.07) is 9.91. The van der Waals surface area contributed by atoms with E-state index >= 15 is 0 Å². The van der Waals surface area contributed by atoms with Crippen molar-refractivity contribution in [3.63, 3.8) is 0 Å². The van der Waals surface area contributed by atoms with E-state index in [0.29, 0.717) is 61.6 Å². The Kier molecular flexibility index (Phi) is 10.5. The van der Waals surface area contributed by atoms with Gasteiger partial charge in [0.1, 0.15) is 13.2 Å². The molecule has 1 atom stereocenters. The Morgan fingerprint density at radius 1 is 1.02 bits per heavy atom. The molecule has 2 aliphatic heterocycles. The number of ether oxygens (including phenoxy) is 3. The molecule has 0 bridgehead atoms. The summed E-state index contributed by atoms with van der Waals surface area (Å²) in [6.45, 7) is 8.98. The maximum absolute atomic E-state index is 13.8. The van der Waals surface area contributed by atoms with E-state index in [4.69, 9.17) is 19.2 Å². The quantitative estimate of drug-likeness (QED) is 0.312. The van der Waals surface area contributed by atoms with Crippen LogP contribution >= 0.6 is 23.7 Å². The first-order chi connectivity index (χ1) is 19.3. The fraction of sp³-hybridized carbons (Fsp3) is 0.500. The number of benzene rings is 2. The van der Waals surface area contributed by atoms with Gasteiger partial charge in [0, 0.05) is 51.0 Å². The molecule has 1 amide bonds. The van der Waals surface area contributed by atoms with Gasteiger partial charge in [-0.2, -0.15) is 4.31 Å². The van der Waals surface area contributed by atoms with Crippen LogP contribution in [-0.4, -0.2) is 94.2 Å². The van der Waals surface area contributed by atoms with Gasteiger partial charge in [-0.25, -0.2) is 13.4 Å². The Morgan fingerprint density at radius 2 is 1.71 bits per heavy atom. The lowest BCUT2D eigenvalue weighted by molar-refractivity contribution is 0.0978. The molecule has 0 spiro atoms. The van der Waals surface area contributed by atoms with Crippen molar-refractivity contribution in [2.75, 3.05) is 64.5 Å². The number of aromatic nitrogens is 1. The minimum atomic E-state index is -3.71. The highest BCUT2D eigenvalue weighted by atomic mass is 35.5. The second kappa shape index (κ2) is 13.7. The van der Waals surface area contributed by atoms with Crippen LogP contribution in [0.2, 0.25) is 0 Å². The molecule has 1 aromatic heterocycles. The number of likely N-dealkylation sites (N-methyl/N-ethyl adjacent to an activating group) is 2. The number of hydrogen-bond donors (Lipinski definition) is 0. The fourth-order valence-corrected chi connectivity index (χ4v) is 7.11. The predicted molar refractivity (Wildman–Crippen MR) is 163 cm³/mol. The second-order valence-electron chi connectivity index (χ2n) is 9.89. The Morgan fingerprint density at radius 3 is 2.34 bits per heavy atom. The summed E-state index contributed by atoms with van der Waals surface area (Å²) in [4.78, 5) is 22.7. The van der Waals surface area contributed by atoms with Gasteiger partial charge >= 0.3 is 0 Å². The molecule has 3 heterocycles. The lowest BCUT2D eigenvalue weighted by Crippen LogP contribution is -2.39. The number of fused-ring (bicyclic) bond motifs is 2. The van der Waals surface area contributed by atoms with Gasteiger partial charge in [0.2, 0.25) is 10.0 Å². The zero-order valence-electron chi connectivity index (χ0n) is 23.6. The molecule has 224 valence electrons. The van der Waals surface area contributed by atoms with Crippen LogP contribution in [-0.2, 0) is 14.8 Å². The minimum absolute atomic E-state index is 0. The molecule has 2 aliphatic rings. The van der Waals surface area contributed by atoms with E-state index in [1.807, 2.05) is 12.1 Å². The van der Waals surface area contributed by atoms with Crippen molar-refractivity contribution < 1.29 is 27.4 Å². The van der Waals surface area contributed by atoms with Crippen LogP contribution in [0.15, 0.2) is 41.3 Å². The lowest BCUT2D eigenvalue weighted by Gasteiger charge is -2.25. The topological polar surface area (TPSA) is 102 Å². The summed E-state index contributed by atoms with van der Waals surface area (Å²) < 4.78 is 45.6. The molecule has 3 aromatic rings. The van der Waals surface area contributed by atoms with E-state index in [0.717, 1.165) is 36.1 Å². The molecule has 0 N–H and O–H groups in total. The molecule has 2 aromatic carbocycles. The predicted octanol–water partition coefficient (Wildman–Crippen LogP) is 4.28. The molecule has 1 saturated heterocycles. The second-order valence-corrected chi connectivity index (χ2v) is 12.9. The number of sulfonamides is 1. The molecule has 13 heteroatoms. The number of carbonyl (C=O) groups is 1. The minimum Gasteiger partial charge on any atom is -0.486 e. The summed E-state index contributed by atoms with van der Waals surface area (Å²) in [7, 11) is -2.15. The number of carbonyl (C=O) groups excluding carboxylic acids is 1. The van der Waals surface area contributed by atoms with Crippen molar-refractivity contribution in [3.05, 3.63) is 42.0 Å². The van der Waals surface area contributed by atoms with Crippen molar-refractivity contribution >= 4 is 55.0 Å². The lowest BCUT2D eigenvalue weighted by atomic mass is 10.2. The monoisotopic (exact) mass is 624 g/mol. The van der Waals surface area contributed by atoms with Crippen molar-refractivity contribution in [2.24, 2.45) is 0 Å². The third-order valence-corrected chi connectivity index (χ3v) is 10.2. The van der Waals surface area contributed by atoms with Crippen LogP contribution in [0.5, 0.6) is 11.5 Å². The first kappa shape index (κ1) is 31.5. The molecular formula is C28H37ClN4O6S2. The summed E-state index contributed by atoms with van der Waals surface area (Å²) in [5.74, 6) is 1.09. The number of rotatable bonds is 11. The molecule has 5 rings (SSSR count). The third kappa shape index (κ3) is 6.95. The van der Waals surface area contributed by atoms with Crippen LogP contribution in [0.3, 0.4) is 0 Å². The van der Waals surface area contributed by atoms with Gasteiger partial charge in [-0.15, -0.1) is 12.4 Å². The van der Waals surface area contributed by atoms with E-state index in [9.17, 15) is 13.2 Å². The van der Waals surface area contributed by atoms with Gasteiger partial charge in [0.25, 0.3) is 5.91 Å². The van der Waals surface area contributed by atoms with Crippen molar-refractivity contribution in [2.45, 2.75) is 37.7 Å². The Hall–Kier alpha value is -2.48. The van der Waals surface area contributed by atoms with E-state index < -0.39 is 10.0 Å². The molecular weight excluding hydrogens is 588 g/mol. The average Bonchev–Trinajstić information content (AvgIpc) is 3.63. The van der Waals surface area contributed by atoms with E-state index in [2.05, 4.69) is 18.7 Å². The van der Waals surface area contributed by atoms with Gasteiger partial charge < -0.3 is 19.1 Å². The van der Waals surface area contributed by atoms with E-state index in [1.54, 1.807) is 24.1 Å². The van der Waals surface area contributed by atoms with Crippen LogP contribution in [0.4, 0.5) is 5.13 Å². The maximum Gasteiger partial charge on any atom is 0.260 e. The van der Waals surface area contributed by atoms with Gasteiger partial charge in [0.15, 0.2) is 16.6 Å². The van der Waals surface area contributed by atoms with Gasteiger partial charge in [-0.3, -0.25) is 9.69 Å². The highest BCUT2D eigenvalue weighted by molar-refractivity contribution is 7.89. The molecule has 1 unspecified atom stereocenters. The highest BCUT2D eigenvalue weighted by Crippen LogP contribution is 2.39. The van der Waals surface area contributed by atoms with Gasteiger partial charge in [-0.1, -0.05) is 25.2 Å². The number of hydrogen-bond acceptors (Lipinski definition) is 9. The normalized spacial score (nSPS) is 16.8. The smallest absolute Gasteiger partial charge is 0.260 e. The van der Waals surface area contributed by atoms with Crippen LogP contribution in [0.25, 0.3) is 10.2 Å². The number of thiazole rings is 1. The Balaban J connectivity index is 0.00000387. The number of halogens is 1. The Labute approximate surface area is 251 Å². The van der Waals surface area contributed by atoms with Crippen LogP contribution < -0.4 is 14.4 Å². The zero-order chi connectivity index (χ0) is 28.3. The van der Waals surface area contributed by atoms with Crippen molar-refractivity contribution in [1.82, 2.24) is 14.2 Å². The Bertz CT molecular complexity index is 1400. The fourth-order valence-electron chi connectivity index (χ4n) is 4.91. The maximum atomic E-state index is 13.8. The summed E-state index contributed by atoms with van der Waals surface area (Å²) in [6.07, 6.45) is 1.71. The zero-order valence-corrected chi connectivity index (χ0v) is 26.0. The number of amides is 1. The molecule has 0 radical (unpaired) electrons. The van der Waals surface area contributed by atoms with Gasteiger partial charge in [0.05, 0.1) is 21.2 Å². The van der Waals surface area contributed by atoms with Gasteiger partial charge in [-0.05, 0) is 50.2 Å². The molecule has 0 saturated carbocycles. The SMILES string of the molecule is CCN(CC)CCN(C(=O)c1ccc(S(=O)(=O)N(C)CC2CCCO2)cc1)c1nc2cc3c(cc2s1)OCCO3.Cl. The molecule has 0 aliphatic carbocycles. The standard InChI is InChI=1S/C28H36N4O6S2.ClH/c1-4-31(5-2)12-13-32(28-29-23-17-24-25(18-26(23)39-28)38-16-15-37-24)27(33)20-8-10-22(11-9-20)40(34,35)30(3)19-21-7-6-14-36-21;/h8-11,17-18,21H,4-7,12-16,19H2,1-3H3;1H. The van der Waals surface area contributed by atoms with Crippen molar-refractivity contribution in [1.29, 1.82) is 0 Å². The number of nitrogens with zero attached hydrogens (tertiary/aromatic N) is 4. The highest BCUT2D eigenvalue weighted by Gasteiger charge is 2.28. The third-order valence-electron chi connectivity index (χ3n) is 7.35. The molecule has 41 heavy (non-hydrogen) atoms. The number of anilines is 1. The van der Waals surface area contributed by atoms with E-state index in [1.165, 1.54) is 27.8 Å². The largest absolute Gasteiger partial charge is 0.486 e. The first-order valence-electron chi connectivity index (χ1n) is 13.7. The summed E-state index contributed by atoms with van der Waals surface area (Å²) in [5.41, 5.74) is 1.13. The summed E-state index contributed by atoms with van der Waals surface area (Å²) in [5, 5.41) is 0.572. The average molecular weight is 625 g/mol. The summed E-state index contributed by atoms with van der Waals surface area (Å²) >= 11 is 1.42. The first-order valence-corrected chi connectivity index (χ1v) is 16.0.